The van der Waals surface area contributed by atoms with Crippen LogP contribution < -0.4 is 0 Å². The van der Waals surface area contributed by atoms with E-state index in [1.807, 2.05) is 10.6 Å². The average molecular weight is 383 g/mol. The Labute approximate surface area is 152 Å². The van der Waals surface area contributed by atoms with E-state index in [4.69, 9.17) is 34.8 Å². The van der Waals surface area contributed by atoms with Crippen molar-refractivity contribution in [2.75, 3.05) is 0 Å². The van der Waals surface area contributed by atoms with Crippen LogP contribution in [0.2, 0.25) is 15.2 Å². The minimum Gasteiger partial charge on any atom is -0.476 e. The minimum absolute atomic E-state index is 0.0274. The molecule has 3 aromatic rings. The predicted molar refractivity (Wildman–Crippen MR) is 92.7 cm³/mol. The summed E-state index contributed by atoms with van der Waals surface area (Å²) >= 11 is 18.5. The highest BCUT2D eigenvalue weighted by molar-refractivity contribution is 6.35. The number of rotatable bonds is 2. The molecule has 122 valence electrons. The molecule has 24 heavy (non-hydrogen) atoms. The van der Waals surface area contributed by atoms with Gasteiger partial charge in [0.2, 0.25) is 0 Å². The fourth-order valence-corrected chi connectivity index (χ4v) is 3.78. The van der Waals surface area contributed by atoms with Crippen LogP contribution >= 0.6 is 34.8 Å². The molecule has 4 rings (SSSR count). The average Bonchev–Trinajstić information content (AvgIpc) is 3.09. The molecule has 3 heterocycles. The van der Waals surface area contributed by atoms with Crippen LogP contribution in [0, 0.1) is 0 Å². The molecule has 0 fully saturated rings. The molecule has 0 bridgehead atoms. The quantitative estimate of drug-likeness (QED) is 0.707. The number of benzene rings is 1. The first-order valence-electron chi connectivity index (χ1n) is 7.13. The molecule has 5 nitrogen and oxygen atoms in total. The maximum absolute atomic E-state index is 11.6. The third-order valence-electron chi connectivity index (χ3n) is 4.08. The summed E-state index contributed by atoms with van der Waals surface area (Å²) in [4.78, 5) is 11.6. The Morgan fingerprint density at radius 2 is 1.96 bits per heavy atom. The Hall–Kier alpha value is -1.95. The molecule has 0 atom stereocenters. The monoisotopic (exact) mass is 381 g/mol. The molecule has 1 aliphatic heterocycles. The highest BCUT2D eigenvalue weighted by atomic mass is 35.5. The Kier molecular flexibility index (Phi) is 3.60. The van der Waals surface area contributed by atoms with Crippen molar-refractivity contribution in [2.45, 2.75) is 13.0 Å². The number of hydrogen-bond donors (Lipinski definition) is 1. The molecule has 1 aromatic carbocycles. The van der Waals surface area contributed by atoms with Crippen LogP contribution in [0.15, 0.2) is 30.3 Å². The van der Waals surface area contributed by atoms with Crippen molar-refractivity contribution in [1.82, 2.24) is 14.3 Å². The molecule has 0 unspecified atom stereocenters. The van der Waals surface area contributed by atoms with E-state index in [0.717, 1.165) is 5.69 Å². The van der Waals surface area contributed by atoms with Crippen LogP contribution in [-0.4, -0.2) is 25.4 Å². The van der Waals surface area contributed by atoms with Gasteiger partial charge in [0.15, 0.2) is 5.69 Å². The lowest BCUT2D eigenvalue weighted by atomic mass is 10.0. The van der Waals surface area contributed by atoms with E-state index in [-0.39, 0.29) is 5.69 Å². The van der Waals surface area contributed by atoms with Gasteiger partial charge in [0.25, 0.3) is 0 Å². The second-order valence-corrected chi connectivity index (χ2v) is 6.66. The molecular formula is C16H10Cl3N3O2. The first-order chi connectivity index (χ1) is 11.5. The van der Waals surface area contributed by atoms with Crippen molar-refractivity contribution in [2.24, 2.45) is 0 Å². The molecule has 1 aliphatic rings. The summed E-state index contributed by atoms with van der Waals surface area (Å²) in [6.45, 7) is 0.606. The molecule has 0 aliphatic carbocycles. The number of aromatic nitrogens is 3. The zero-order valence-corrected chi connectivity index (χ0v) is 14.4. The first kappa shape index (κ1) is 15.6. The van der Waals surface area contributed by atoms with Crippen LogP contribution in [0.3, 0.4) is 0 Å². The third kappa shape index (κ3) is 2.24. The Bertz CT molecular complexity index is 991. The lowest BCUT2D eigenvalue weighted by molar-refractivity contribution is 0.0688. The Morgan fingerprint density at radius 3 is 2.67 bits per heavy atom. The number of carbonyl (C=O) groups is 1. The number of carboxylic acid groups (broad SMARTS) is 1. The van der Waals surface area contributed by atoms with Crippen LogP contribution in [-0.2, 0) is 13.0 Å². The summed E-state index contributed by atoms with van der Waals surface area (Å²) in [6, 6.07) is 8.64. The molecule has 0 radical (unpaired) electrons. The molecule has 8 heteroatoms. The fraction of sp³-hybridized carbons (Fsp3) is 0.125. The van der Waals surface area contributed by atoms with E-state index in [1.165, 1.54) is 0 Å². The predicted octanol–water partition coefficient (Wildman–Crippen LogP) is 4.56. The van der Waals surface area contributed by atoms with Gasteiger partial charge in [-0.05, 0) is 36.8 Å². The van der Waals surface area contributed by atoms with E-state index in [0.29, 0.717) is 45.1 Å². The number of hydrogen-bond acceptors (Lipinski definition) is 2. The van der Waals surface area contributed by atoms with Gasteiger partial charge in [-0.3, -0.25) is 0 Å². The topological polar surface area (TPSA) is 60.0 Å². The van der Waals surface area contributed by atoms with Crippen molar-refractivity contribution < 1.29 is 9.90 Å². The molecule has 2 aromatic heterocycles. The summed E-state index contributed by atoms with van der Waals surface area (Å²) in [7, 11) is 0. The molecule has 0 saturated carbocycles. The number of fused-ring (bicyclic) bond motifs is 3. The van der Waals surface area contributed by atoms with Crippen molar-refractivity contribution in [3.8, 4) is 17.1 Å². The van der Waals surface area contributed by atoms with Crippen LogP contribution in [0.25, 0.3) is 17.1 Å². The standard InChI is InChI=1S/C16H10Cl3N3O2/c17-8-1-2-11(10(18)7-8)22-15-9(14(20-22)16(23)24)5-6-21-12(15)3-4-13(21)19/h1-4,7H,5-6H2,(H,23,24). The van der Waals surface area contributed by atoms with E-state index in [2.05, 4.69) is 5.10 Å². The number of nitrogens with zero attached hydrogens (tertiary/aromatic N) is 3. The van der Waals surface area contributed by atoms with Gasteiger partial charge in [-0.25, -0.2) is 9.48 Å². The smallest absolute Gasteiger partial charge is 0.356 e. The molecule has 0 spiro atoms. The van der Waals surface area contributed by atoms with Crippen molar-refractivity contribution in [3.05, 3.63) is 56.8 Å². The van der Waals surface area contributed by atoms with E-state index in [9.17, 15) is 9.90 Å². The van der Waals surface area contributed by atoms with Gasteiger partial charge in [-0.15, -0.1) is 0 Å². The van der Waals surface area contributed by atoms with Crippen LogP contribution in [0.5, 0.6) is 0 Å². The summed E-state index contributed by atoms with van der Waals surface area (Å²) in [5.41, 5.74) is 2.77. The van der Waals surface area contributed by atoms with Gasteiger partial charge >= 0.3 is 5.97 Å². The third-order valence-corrected chi connectivity index (χ3v) is 4.95. The second-order valence-electron chi connectivity index (χ2n) is 5.43. The van der Waals surface area contributed by atoms with Gasteiger partial charge in [0.05, 0.1) is 22.1 Å². The van der Waals surface area contributed by atoms with Gasteiger partial charge < -0.3 is 9.67 Å². The molecule has 0 amide bonds. The second kappa shape index (κ2) is 5.55. The van der Waals surface area contributed by atoms with Gasteiger partial charge in [0, 0.05) is 17.1 Å². The number of aromatic carboxylic acids is 1. The zero-order chi connectivity index (χ0) is 17.0. The summed E-state index contributed by atoms with van der Waals surface area (Å²) in [6.07, 6.45) is 0.531. The normalized spacial score (nSPS) is 12.8. The summed E-state index contributed by atoms with van der Waals surface area (Å²) < 4.78 is 3.48. The van der Waals surface area contributed by atoms with Gasteiger partial charge in [-0.1, -0.05) is 34.8 Å². The van der Waals surface area contributed by atoms with Crippen LogP contribution in [0.1, 0.15) is 16.1 Å². The lowest BCUT2D eigenvalue weighted by Crippen LogP contribution is -2.13. The fourth-order valence-electron chi connectivity index (χ4n) is 3.05. The highest BCUT2D eigenvalue weighted by Crippen LogP contribution is 2.38. The summed E-state index contributed by atoms with van der Waals surface area (Å²) in [5, 5.41) is 15.3. The number of carboxylic acids is 1. The highest BCUT2D eigenvalue weighted by Gasteiger charge is 2.30. The largest absolute Gasteiger partial charge is 0.476 e. The van der Waals surface area contributed by atoms with Gasteiger partial charge in [-0.2, -0.15) is 5.10 Å². The Morgan fingerprint density at radius 1 is 1.17 bits per heavy atom. The van der Waals surface area contributed by atoms with E-state index in [1.54, 1.807) is 28.9 Å². The minimum atomic E-state index is -1.07. The molecule has 1 N–H and O–H groups in total. The first-order valence-corrected chi connectivity index (χ1v) is 8.27. The maximum atomic E-state index is 11.6. The van der Waals surface area contributed by atoms with Crippen LogP contribution in [0.4, 0.5) is 0 Å². The lowest BCUT2D eigenvalue weighted by Gasteiger charge is -2.19. The zero-order valence-electron chi connectivity index (χ0n) is 12.1. The van der Waals surface area contributed by atoms with E-state index >= 15 is 0 Å². The SMILES string of the molecule is O=C(O)c1nn(-c2ccc(Cl)cc2Cl)c2c1CCn1c(Cl)ccc1-2. The van der Waals surface area contributed by atoms with E-state index < -0.39 is 5.97 Å². The van der Waals surface area contributed by atoms with Gasteiger partial charge in [0.1, 0.15) is 5.15 Å². The molecular weight excluding hydrogens is 373 g/mol. The summed E-state index contributed by atoms with van der Waals surface area (Å²) in [5.74, 6) is -1.07. The Balaban J connectivity index is 2.04. The van der Waals surface area contributed by atoms with Crippen molar-refractivity contribution >= 4 is 40.8 Å². The van der Waals surface area contributed by atoms with Crippen molar-refractivity contribution in [1.29, 1.82) is 0 Å². The maximum Gasteiger partial charge on any atom is 0.356 e. The number of halogens is 3. The molecule has 0 saturated heterocycles. The van der Waals surface area contributed by atoms with Crippen molar-refractivity contribution in [3.63, 3.8) is 0 Å².